The zero-order chi connectivity index (χ0) is 24.7. The average Bonchev–Trinajstić information content (AvgIpc) is 3.53. The molecule has 1 unspecified atom stereocenters. The molecule has 35 heavy (non-hydrogen) atoms. The van der Waals surface area contributed by atoms with Gasteiger partial charge in [-0.25, -0.2) is 9.78 Å². The van der Waals surface area contributed by atoms with Crippen LogP contribution >= 0.6 is 0 Å². The Morgan fingerprint density at radius 3 is 2.66 bits per heavy atom. The standard InChI is InChI=1S/C25H27N3O6S/c1-28-13-20(26-14-28)35(32,33)27-17-7-5-6-16(12-17)21(15-10-11-15)23-24(30)22-18(29)8-3-2-4-9-19(22)34-25(23)31/h5-7,12-15,21,27,30H,2-4,8-11H2,1H3. The van der Waals surface area contributed by atoms with E-state index >= 15 is 0 Å². The molecule has 5 rings (SSSR count). The van der Waals surface area contributed by atoms with E-state index in [1.807, 2.05) is 0 Å². The first-order chi connectivity index (χ1) is 16.7. The van der Waals surface area contributed by atoms with E-state index in [2.05, 4.69) is 9.71 Å². The second kappa shape index (κ2) is 8.99. The lowest BCUT2D eigenvalue weighted by molar-refractivity contribution is 0.0968. The summed E-state index contributed by atoms with van der Waals surface area (Å²) in [4.78, 5) is 29.8. The van der Waals surface area contributed by atoms with Gasteiger partial charge in [0.2, 0.25) is 0 Å². The molecule has 0 spiro atoms. The molecule has 0 amide bonds. The van der Waals surface area contributed by atoms with E-state index in [9.17, 15) is 23.1 Å². The molecule has 9 nitrogen and oxygen atoms in total. The number of imidazole rings is 1. The molecule has 1 atom stereocenters. The lowest BCUT2D eigenvalue weighted by Gasteiger charge is -2.21. The van der Waals surface area contributed by atoms with Crippen LogP contribution in [0.15, 0.2) is 51.0 Å². The van der Waals surface area contributed by atoms with Gasteiger partial charge in [0.05, 0.1) is 17.5 Å². The number of rotatable bonds is 6. The largest absolute Gasteiger partial charge is 0.506 e. The van der Waals surface area contributed by atoms with Crippen molar-refractivity contribution in [1.29, 1.82) is 0 Å². The summed E-state index contributed by atoms with van der Waals surface area (Å²) in [5.41, 5.74) is 0.521. The Balaban J connectivity index is 1.56. The fourth-order valence-corrected chi connectivity index (χ4v) is 5.86. The van der Waals surface area contributed by atoms with Crippen molar-refractivity contribution in [3.8, 4) is 5.75 Å². The molecular formula is C25H27N3O6S. The molecule has 0 aliphatic heterocycles. The van der Waals surface area contributed by atoms with Crippen molar-refractivity contribution in [1.82, 2.24) is 9.55 Å². The van der Waals surface area contributed by atoms with Crippen molar-refractivity contribution >= 4 is 21.5 Å². The first-order valence-electron chi connectivity index (χ1n) is 11.8. The van der Waals surface area contributed by atoms with E-state index in [-0.39, 0.29) is 39.4 Å². The number of aromatic nitrogens is 2. The highest BCUT2D eigenvalue weighted by atomic mass is 32.2. The number of carbonyl (C=O) groups is 1. The Morgan fingerprint density at radius 2 is 1.94 bits per heavy atom. The highest BCUT2D eigenvalue weighted by Gasteiger charge is 2.39. The fourth-order valence-electron chi connectivity index (χ4n) is 4.83. The van der Waals surface area contributed by atoms with E-state index in [1.165, 1.54) is 17.1 Å². The minimum atomic E-state index is -3.90. The van der Waals surface area contributed by atoms with Crippen LogP contribution in [0, 0.1) is 5.92 Å². The van der Waals surface area contributed by atoms with Crippen molar-refractivity contribution in [2.45, 2.75) is 55.9 Å². The molecule has 1 saturated carbocycles. The van der Waals surface area contributed by atoms with Gasteiger partial charge in [0.25, 0.3) is 10.0 Å². The summed E-state index contributed by atoms with van der Waals surface area (Å²) >= 11 is 0. The summed E-state index contributed by atoms with van der Waals surface area (Å²) in [6, 6.07) is 6.75. The Kier molecular flexibility index (Phi) is 6.00. The maximum Gasteiger partial charge on any atom is 0.343 e. The first-order valence-corrected chi connectivity index (χ1v) is 13.3. The average molecular weight is 498 g/mol. The van der Waals surface area contributed by atoms with E-state index in [1.54, 1.807) is 31.3 Å². The summed E-state index contributed by atoms with van der Waals surface area (Å²) < 4.78 is 35.2. The number of anilines is 1. The number of aromatic hydroxyl groups is 1. The quantitative estimate of drug-likeness (QED) is 0.530. The number of Topliss-reactive ketones (excluding diaryl/α,β-unsaturated/α-hetero) is 1. The zero-order valence-electron chi connectivity index (χ0n) is 19.4. The molecule has 1 aromatic carbocycles. The molecule has 3 aromatic rings. The smallest absolute Gasteiger partial charge is 0.343 e. The molecule has 2 aliphatic rings. The molecule has 0 saturated heterocycles. The van der Waals surface area contributed by atoms with Gasteiger partial charge in [-0.3, -0.25) is 9.52 Å². The van der Waals surface area contributed by atoms with E-state index in [0.29, 0.717) is 24.1 Å². The number of aryl methyl sites for hydroxylation is 2. The molecule has 1 fully saturated rings. The Morgan fingerprint density at radius 1 is 1.17 bits per heavy atom. The lowest BCUT2D eigenvalue weighted by atomic mass is 9.85. The zero-order valence-corrected chi connectivity index (χ0v) is 20.2. The van der Waals surface area contributed by atoms with Crippen molar-refractivity contribution in [2.75, 3.05) is 4.72 Å². The number of nitrogens with zero attached hydrogens (tertiary/aromatic N) is 2. The highest BCUT2D eigenvalue weighted by Crippen LogP contribution is 2.49. The molecule has 184 valence electrons. The van der Waals surface area contributed by atoms with Crippen LogP contribution in [0.3, 0.4) is 0 Å². The number of hydrogen-bond acceptors (Lipinski definition) is 7. The number of fused-ring (bicyclic) bond motifs is 1. The van der Waals surface area contributed by atoms with Crippen LogP contribution in [0.1, 0.15) is 71.7 Å². The van der Waals surface area contributed by atoms with Crippen molar-refractivity contribution < 1.29 is 22.7 Å². The SMILES string of the molecule is Cn1cnc(S(=O)(=O)Nc2cccc(C(c3c(O)c4c(oc3=O)CCCCCC4=O)C3CC3)c2)c1. The van der Waals surface area contributed by atoms with Gasteiger partial charge in [-0.05, 0) is 49.3 Å². The van der Waals surface area contributed by atoms with Crippen molar-refractivity contribution in [3.63, 3.8) is 0 Å². The maximum absolute atomic E-state index is 13.1. The van der Waals surface area contributed by atoms with Gasteiger partial charge in [-0.15, -0.1) is 0 Å². The van der Waals surface area contributed by atoms with Gasteiger partial charge in [0, 0.05) is 37.7 Å². The van der Waals surface area contributed by atoms with Crippen LogP contribution in [0.4, 0.5) is 5.69 Å². The molecule has 2 heterocycles. The first kappa shape index (κ1) is 23.3. The van der Waals surface area contributed by atoms with Gasteiger partial charge in [0.1, 0.15) is 11.5 Å². The monoisotopic (exact) mass is 497 g/mol. The normalized spacial score (nSPS) is 17.3. The molecule has 2 aromatic heterocycles. The third-order valence-electron chi connectivity index (χ3n) is 6.65. The number of ketones is 1. The number of benzene rings is 1. The van der Waals surface area contributed by atoms with Crippen LogP contribution in [0.2, 0.25) is 0 Å². The summed E-state index contributed by atoms with van der Waals surface area (Å²) in [5.74, 6) is -0.692. The van der Waals surface area contributed by atoms with E-state index < -0.39 is 21.6 Å². The minimum Gasteiger partial charge on any atom is -0.506 e. The van der Waals surface area contributed by atoms with Crippen molar-refractivity contribution in [3.05, 3.63) is 69.7 Å². The summed E-state index contributed by atoms with van der Waals surface area (Å²) in [6.07, 6.45) is 7.61. The summed E-state index contributed by atoms with van der Waals surface area (Å²) in [6.45, 7) is 0. The Bertz CT molecular complexity index is 1450. The fraction of sp³-hybridized carbons (Fsp3) is 0.400. The van der Waals surface area contributed by atoms with Gasteiger partial charge in [-0.1, -0.05) is 18.6 Å². The number of hydrogen-bond donors (Lipinski definition) is 2. The summed E-state index contributed by atoms with van der Waals surface area (Å²) in [5, 5.41) is 11.1. The highest BCUT2D eigenvalue weighted by molar-refractivity contribution is 7.92. The Hall–Kier alpha value is -3.40. The van der Waals surface area contributed by atoms with E-state index in [0.717, 1.165) is 32.1 Å². The molecule has 0 bridgehead atoms. The molecular weight excluding hydrogens is 470 g/mol. The third kappa shape index (κ3) is 4.62. The van der Waals surface area contributed by atoms with Crippen LogP contribution in [-0.4, -0.2) is 28.9 Å². The predicted octanol–water partition coefficient (Wildman–Crippen LogP) is 3.72. The van der Waals surface area contributed by atoms with Crippen LogP contribution < -0.4 is 10.3 Å². The molecule has 10 heteroatoms. The number of nitrogens with one attached hydrogen (secondary N) is 1. The molecule has 0 radical (unpaired) electrons. The van der Waals surface area contributed by atoms with Gasteiger partial charge in [-0.2, -0.15) is 8.42 Å². The van der Waals surface area contributed by atoms with Crippen LogP contribution in [-0.2, 0) is 23.5 Å². The predicted molar refractivity (Wildman–Crippen MR) is 128 cm³/mol. The Labute approximate surface area is 202 Å². The molecule has 2 aliphatic carbocycles. The van der Waals surface area contributed by atoms with Gasteiger partial charge < -0.3 is 14.1 Å². The van der Waals surface area contributed by atoms with Gasteiger partial charge >= 0.3 is 5.63 Å². The molecule has 2 N–H and O–H groups in total. The van der Waals surface area contributed by atoms with Gasteiger partial charge in [0.15, 0.2) is 10.8 Å². The van der Waals surface area contributed by atoms with E-state index in [4.69, 9.17) is 4.42 Å². The minimum absolute atomic E-state index is 0.0740. The summed E-state index contributed by atoms with van der Waals surface area (Å²) in [7, 11) is -2.23. The lowest BCUT2D eigenvalue weighted by Crippen LogP contribution is -2.21. The second-order valence-electron chi connectivity index (χ2n) is 9.36. The van der Waals surface area contributed by atoms with Crippen LogP contribution in [0.5, 0.6) is 5.75 Å². The number of sulfonamides is 1. The topological polar surface area (TPSA) is 132 Å². The third-order valence-corrected chi connectivity index (χ3v) is 7.92. The second-order valence-corrected chi connectivity index (χ2v) is 11.0. The van der Waals surface area contributed by atoms with Crippen molar-refractivity contribution in [2.24, 2.45) is 13.0 Å². The van der Waals surface area contributed by atoms with Crippen LogP contribution in [0.25, 0.3) is 0 Å². The number of carbonyl (C=O) groups excluding carboxylic acids is 1. The maximum atomic E-state index is 13.1.